The van der Waals surface area contributed by atoms with Crippen molar-refractivity contribution in [3.8, 4) is 5.75 Å². The van der Waals surface area contributed by atoms with Gasteiger partial charge in [0.2, 0.25) is 0 Å². The molecule has 2 saturated carbocycles. The fourth-order valence-electron chi connectivity index (χ4n) is 5.26. The van der Waals surface area contributed by atoms with Gasteiger partial charge in [0.15, 0.2) is 0 Å². The number of hydrogen-bond acceptors (Lipinski definition) is 3. The predicted molar refractivity (Wildman–Crippen MR) is 130 cm³/mol. The Morgan fingerprint density at radius 2 is 1.78 bits per heavy atom. The minimum Gasteiger partial charge on any atom is -0.493 e. The first-order valence-corrected chi connectivity index (χ1v) is 12.7. The van der Waals surface area contributed by atoms with Crippen molar-refractivity contribution in [1.82, 2.24) is 14.5 Å². The van der Waals surface area contributed by atoms with Crippen molar-refractivity contribution in [2.24, 2.45) is 5.92 Å². The van der Waals surface area contributed by atoms with Crippen molar-refractivity contribution in [3.63, 3.8) is 0 Å². The number of piperidine rings is 1. The van der Waals surface area contributed by atoms with Gasteiger partial charge in [0.25, 0.3) is 0 Å². The Hall–Kier alpha value is -2.04. The number of imidazole rings is 1. The normalized spacial score (nSPS) is 20.2. The molecule has 1 aliphatic heterocycles. The van der Waals surface area contributed by atoms with Gasteiger partial charge in [-0.15, -0.1) is 0 Å². The number of nitrogens with zero attached hydrogens (tertiary/aromatic N) is 3. The number of benzene rings is 2. The van der Waals surface area contributed by atoms with E-state index in [2.05, 4.69) is 45.9 Å². The predicted octanol–water partition coefficient (Wildman–Crippen LogP) is 6.58. The number of rotatable bonds is 8. The van der Waals surface area contributed by atoms with Gasteiger partial charge in [0, 0.05) is 11.1 Å². The Kier molecular flexibility index (Phi) is 5.60. The second-order valence-corrected chi connectivity index (χ2v) is 10.4. The molecular weight excluding hydrogens is 418 g/mol. The van der Waals surface area contributed by atoms with E-state index in [9.17, 15) is 0 Å². The van der Waals surface area contributed by atoms with E-state index in [-0.39, 0.29) is 0 Å². The van der Waals surface area contributed by atoms with Crippen LogP contribution in [0.3, 0.4) is 0 Å². The summed E-state index contributed by atoms with van der Waals surface area (Å²) >= 11 is 6.38. The van der Waals surface area contributed by atoms with Gasteiger partial charge in [-0.2, -0.15) is 0 Å². The van der Waals surface area contributed by atoms with E-state index >= 15 is 0 Å². The van der Waals surface area contributed by atoms with Crippen molar-refractivity contribution in [2.75, 3.05) is 19.7 Å². The summed E-state index contributed by atoms with van der Waals surface area (Å²) in [5.41, 5.74) is 3.74. The molecule has 3 aromatic rings. The molecule has 0 bridgehead atoms. The highest BCUT2D eigenvalue weighted by Crippen LogP contribution is 2.40. The number of aromatic nitrogens is 2. The lowest BCUT2D eigenvalue weighted by molar-refractivity contribution is 0.195. The van der Waals surface area contributed by atoms with E-state index in [1.54, 1.807) is 0 Å². The van der Waals surface area contributed by atoms with Crippen LogP contribution in [0.5, 0.6) is 5.75 Å². The van der Waals surface area contributed by atoms with Crippen LogP contribution in [0, 0.1) is 5.92 Å². The Morgan fingerprint density at radius 1 is 0.969 bits per heavy atom. The molecule has 5 heteroatoms. The molecule has 3 fully saturated rings. The Bertz CT molecular complexity index is 1090. The lowest BCUT2D eigenvalue weighted by atomic mass is 9.88. The van der Waals surface area contributed by atoms with Crippen LogP contribution in [0.2, 0.25) is 5.02 Å². The molecule has 6 rings (SSSR count). The molecule has 2 aliphatic carbocycles. The molecule has 0 amide bonds. The molecule has 0 unspecified atom stereocenters. The molecule has 32 heavy (non-hydrogen) atoms. The lowest BCUT2D eigenvalue weighted by Gasteiger charge is -2.32. The van der Waals surface area contributed by atoms with Crippen molar-refractivity contribution in [1.29, 1.82) is 0 Å². The number of hydrogen-bond donors (Lipinski definition) is 0. The molecule has 1 saturated heterocycles. The molecule has 2 heterocycles. The minimum atomic E-state index is 0.517. The van der Waals surface area contributed by atoms with Crippen LogP contribution in [0.1, 0.15) is 68.3 Å². The van der Waals surface area contributed by atoms with E-state index in [1.165, 1.54) is 49.0 Å². The van der Waals surface area contributed by atoms with Crippen LogP contribution >= 0.6 is 11.6 Å². The average molecular weight is 450 g/mol. The van der Waals surface area contributed by atoms with Gasteiger partial charge >= 0.3 is 0 Å². The van der Waals surface area contributed by atoms with Crippen LogP contribution in [-0.2, 0) is 6.54 Å². The molecule has 0 atom stereocenters. The highest BCUT2D eigenvalue weighted by molar-refractivity contribution is 6.30. The van der Waals surface area contributed by atoms with Crippen molar-refractivity contribution in [2.45, 2.75) is 63.5 Å². The highest BCUT2D eigenvalue weighted by atomic mass is 35.5. The second-order valence-electron chi connectivity index (χ2n) is 9.93. The Balaban J connectivity index is 1.13. The van der Waals surface area contributed by atoms with Crippen LogP contribution in [0.4, 0.5) is 0 Å². The lowest BCUT2D eigenvalue weighted by Crippen LogP contribution is -2.33. The van der Waals surface area contributed by atoms with Gasteiger partial charge < -0.3 is 9.30 Å². The monoisotopic (exact) mass is 449 g/mol. The molecule has 0 N–H and O–H groups in total. The van der Waals surface area contributed by atoms with E-state index in [0.29, 0.717) is 12.0 Å². The first kappa shape index (κ1) is 20.6. The third kappa shape index (κ3) is 4.40. The summed E-state index contributed by atoms with van der Waals surface area (Å²) in [5, 5.41) is 0.815. The molecule has 2 aromatic carbocycles. The standard InChI is InChI=1S/C27H32ClN3O/c28-21-7-10-26(32-16-13-19-5-6-19)23(17-21)20-11-14-30(15-12-20)18-27-29-24-3-1-2-4-25(24)31(27)22-8-9-22/h1-4,7,10,17,19-20,22H,5-6,8-9,11-16,18H2. The summed E-state index contributed by atoms with van der Waals surface area (Å²) in [7, 11) is 0. The number of ether oxygens (including phenoxy) is 1. The SMILES string of the molecule is Clc1ccc(OCCC2CC2)c(C2CCN(Cc3nc4ccccc4n3C3CC3)CC2)c1. The summed E-state index contributed by atoms with van der Waals surface area (Å²) in [6, 6.07) is 15.4. The fraction of sp³-hybridized carbons (Fsp3) is 0.519. The summed E-state index contributed by atoms with van der Waals surface area (Å²) in [5.74, 6) is 3.69. The number of fused-ring (bicyclic) bond motifs is 1. The Morgan fingerprint density at radius 3 is 2.56 bits per heavy atom. The highest BCUT2D eigenvalue weighted by Gasteiger charge is 2.30. The fourth-order valence-corrected chi connectivity index (χ4v) is 5.44. The van der Waals surface area contributed by atoms with Crippen LogP contribution in [-0.4, -0.2) is 34.1 Å². The summed E-state index contributed by atoms with van der Waals surface area (Å²) in [6.45, 7) is 3.95. The largest absolute Gasteiger partial charge is 0.493 e. The quantitative estimate of drug-likeness (QED) is 0.389. The van der Waals surface area contributed by atoms with Crippen LogP contribution < -0.4 is 4.74 Å². The first-order chi connectivity index (χ1) is 15.7. The van der Waals surface area contributed by atoms with Crippen molar-refractivity contribution in [3.05, 3.63) is 58.9 Å². The van der Waals surface area contributed by atoms with Gasteiger partial charge in [-0.3, -0.25) is 4.90 Å². The van der Waals surface area contributed by atoms with Crippen molar-refractivity contribution >= 4 is 22.6 Å². The van der Waals surface area contributed by atoms with Gasteiger partial charge in [0.05, 0.1) is 24.2 Å². The molecular formula is C27H32ClN3O. The number of para-hydroxylation sites is 2. The maximum absolute atomic E-state index is 6.38. The first-order valence-electron chi connectivity index (χ1n) is 12.3. The average Bonchev–Trinajstić information content (AvgIpc) is 3.74. The Labute approximate surface area is 195 Å². The minimum absolute atomic E-state index is 0.517. The third-order valence-electron chi connectivity index (χ3n) is 7.43. The molecule has 0 radical (unpaired) electrons. The van der Waals surface area contributed by atoms with E-state index in [4.69, 9.17) is 21.3 Å². The maximum Gasteiger partial charge on any atom is 0.124 e. The third-order valence-corrected chi connectivity index (χ3v) is 7.66. The van der Waals surface area contributed by atoms with Crippen LogP contribution in [0.25, 0.3) is 11.0 Å². The van der Waals surface area contributed by atoms with E-state index in [1.807, 2.05) is 6.07 Å². The summed E-state index contributed by atoms with van der Waals surface area (Å²) in [6.07, 6.45) is 8.80. The molecule has 168 valence electrons. The van der Waals surface area contributed by atoms with Gasteiger partial charge in [-0.05, 0) is 92.9 Å². The zero-order valence-electron chi connectivity index (χ0n) is 18.7. The van der Waals surface area contributed by atoms with E-state index in [0.717, 1.165) is 61.3 Å². The number of likely N-dealkylation sites (tertiary alicyclic amines) is 1. The zero-order valence-corrected chi connectivity index (χ0v) is 19.4. The number of halogens is 1. The molecule has 0 spiro atoms. The molecule has 4 nitrogen and oxygen atoms in total. The summed E-state index contributed by atoms with van der Waals surface area (Å²) < 4.78 is 8.72. The van der Waals surface area contributed by atoms with Gasteiger partial charge in [-0.25, -0.2) is 4.98 Å². The maximum atomic E-state index is 6.38. The molecule has 1 aromatic heterocycles. The smallest absolute Gasteiger partial charge is 0.124 e. The molecule has 3 aliphatic rings. The van der Waals surface area contributed by atoms with E-state index < -0.39 is 0 Å². The van der Waals surface area contributed by atoms with Crippen molar-refractivity contribution < 1.29 is 4.74 Å². The van der Waals surface area contributed by atoms with Gasteiger partial charge in [-0.1, -0.05) is 36.6 Å². The zero-order chi connectivity index (χ0) is 21.5. The second kappa shape index (κ2) is 8.72. The van der Waals surface area contributed by atoms with Gasteiger partial charge in [0.1, 0.15) is 11.6 Å². The summed E-state index contributed by atoms with van der Waals surface area (Å²) in [4.78, 5) is 7.59. The van der Waals surface area contributed by atoms with Crippen LogP contribution in [0.15, 0.2) is 42.5 Å². The topological polar surface area (TPSA) is 30.3 Å².